The topological polar surface area (TPSA) is 56.2 Å². The zero-order chi connectivity index (χ0) is 13.6. The van der Waals surface area contributed by atoms with Gasteiger partial charge in [-0.05, 0) is 24.6 Å². The SMILES string of the molecule is Cc1c(-c2ccc(Cl)c(Cl)c2)c(N)cc2ncnn12. The highest BCUT2D eigenvalue weighted by molar-refractivity contribution is 6.42. The van der Waals surface area contributed by atoms with Crippen molar-refractivity contribution in [1.82, 2.24) is 14.6 Å². The Kier molecular flexibility index (Phi) is 2.84. The normalized spacial score (nSPS) is 11.1. The van der Waals surface area contributed by atoms with E-state index in [9.17, 15) is 0 Å². The molecule has 0 bridgehead atoms. The van der Waals surface area contributed by atoms with Crippen LogP contribution in [0.1, 0.15) is 5.69 Å². The summed E-state index contributed by atoms with van der Waals surface area (Å²) in [6, 6.07) is 7.22. The number of rotatable bonds is 1. The van der Waals surface area contributed by atoms with Crippen molar-refractivity contribution in [2.45, 2.75) is 6.92 Å². The predicted molar refractivity (Wildman–Crippen MR) is 77.6 cm³/mol. The summed E-state index contributed by atoms with van der Waals surface area (Å²) in [6.07, 6.45) is 1.50. The van der Waals surface area contributed by atoms with Gasteiger partial charge < -0.3 is 5.73 Å². The highest BCUT2D eigenvalue weighted by Crippen LogP contribution is 2.34. The summed E-state index contributed by atoms with van der Waals surface area (Å²) in [4.78, 5) is 4.13. The average molecular weight is 293 g/mol. The number of anilines is 1. The minimum absolute atomic E-state index is 0.497. The van der Waals surface area contributed by atoms with E-state index in [1.165, 1.54) is 6.33 Å². The first-order valence-corrected chi connectivity index (χ1v) is 6.38. The molecule has 0 radical (unpaired) electrons. The van der Waals surface area contributed by atoms with Gasteiger partial charge in [-0.1, -0.05) is 29.3 Å². The van der Waals surface area contributed by atoms with Crippen LogP contribution in [0.3, 0.4) is 0 Å². The second-order valence-electron chi connectivity index (χ2n) is 4.22. The number of aryl methyl sites for hydroxylation is 1. The number of benzene rings is 1. The van der Waals surface area contributed by atoms with Gasteiger partial charge in [0.1, 0.15) is 6.33 Å². The van der Waals surface area contributed by atoms with Crippen LogP contribution >= 0.6 is 23.2 Å². The second kappa shape index (κ2) is 4.40. The van der Waals surface area contributed by atoms with Crippen LogP contribution in [0.2, 0.25) is 10.0 Å². The van der Waals surface area contributed by atoms with Crippen molar-refractivity contribution < 1.29 is 0 Å². The summed E-state index contributed by atoms with van der Waals surface area (Å²) < 4.78 is 1.74. The maximum atomic E-state index is 6.11. The number of nitrogen functional groups attached to an aromatic ring is 1. The summed E-state index contributed by atoms with van der Waals surface area (Å²) >= 11 is 12.0. The first-order valence-electron chi connectivity index (χ1n) is 5.62. The monoisotopic (exact) mass is 292 g/mol. The Hall–Kier alpha value is -1.78. The minimum Gasteiger partial charge on any atom is -0.398 e. The summed E-state index contributed by atoms with van der Waals surface area (Å²) in [5.74, 6) is 0. The molecule has 2 N–H and O–H groups in total. The van der Waals surface area contributed by atoms with Crippen molar-refractivity contribution in [3.05, 3.63) is 46.3 Å². The third-order valence-corrected chi connectivity index (χ3v) is 3.77. The molecular weight excluding hydrogens is 283 g/mol. The molecule has 96 valence electrons. The van der Waals surface area contributed by atoms with Crippen molar-refractivity contribution in [1.29, 1.82) is 0 Å². The number of halogens is 2. The van der Waals surface area contributed by atoms with E-state index in [0.29, 0.717) is 15.7 Å². The van der Waals surface area contributed by atoms with Crippen molar-refractivity contribution in [3.8, 4) is 11.1 Å². The highest BCUT2D eigenvalue weighted by atomic mass is 35.5. The predicted octanol–water partition coefficient (Wildman–Crippen LogP) is 3.59. The Labute approximate surface area is 119 Å². The number of hydrogen-bond acceptors (Lipinski definition) is 3. The van der Waals surface area contributed by atoms with E-state index in [-0.39, 0.29) is 0 Å². The number of fused-ring (bicyclic) bond motifs is 1. The van der Waals surface area contributed by atoms with Gasteiger partial charge in [0, 0.05) is 17.3 Å². The zero-order valence-electron chi connectivity index (χ0n) is 10.1. The highest BCUT2D eigenvalue weighted by Gasteiger charge is 2.13. The van der Waals surface area contributed by atoms with E-state index >= 15 is 0 Å². The number of aromatic nitrogens is 3. The maximum Gasteiger partial charge on any atom is 0.157 e. The lowest BCUT2D eigenvalue weighted by Crippen LogP contribution is -2.01. The largest absolute Gasteiger partial charge is 0.398 e. The molecule has 0 atom stereocenters. The summed E-state index contributed by atoms with van der Waals surface area (Å²) in [5, 5.41) is 5.19. The molecule has 1 aromatic carbocycles. The number of hydrogen-bond donors (Lipinski definition) is 1. The fourth-order valence-corrected chi connectivity index (χ4v) is 2.46. The third kappa shape index (κ3) is 1.93. The Balaban J connectivity index is 2.31. The molecule has 0 saturated carbocycles. The molecule has 0 aliphatic carbocycles. The van der Waals surface area contributed by atoms with Gasteiger partial charge in [0.15, 0.2) is 5.65 Å². The maximum absolute atomic E-state index is 6.11. The van der Waals surface area contributed by atoms with Gasteiger partial charge in [-0.15, -0.1) is 0 Å². The molecule has 0 spiro atoms. The third-order valence-electron chi connectivity index (χ3n) is 3.04. The molecule has 0 saturated heterocycles. The summed E-state index contributed by atoms with van der Waals surface area (Å²) in [7, 11) is 0. The Morgan fingerprint density at radius 1 is 1.16 bits per heavy atom. The van der Waals surface area contributed by atoms with Crippen molar-refractivity contribution in [2.75, 3.05) is 5.73 Å². The van der Waals surface area contributed by atoms with Crippen molar-refractivity contribution in [2.24, 2.45) is 0 Å². The molecule has 0 aliphatic heterocycles. The van der Waals surface area contributed by atoms with Gasteiger partial charge in [0.05, 0.1) is 15.7 Å². The molecule has 19 heavy (non-hydrogen) atoms. The van der Waals surface area contributed by atoms with Crippen LogP contribution in [0.4, 0.5) is 5.69 Å². The molecule has 0 amide bonds. The van der Waals surface area contributed by atoms with Gasteiger partial charge in [-0.3, -0.25) is 0 Å². The fraction of sp³-hybridized carbons (Fsp3) is 0.0769. The van der Waals surface area contributed by atoms with Crippen LogP contribution in [-0.4, -0.2) is 14.6 Å². The number of nitrogens with zero attached hydrogens (tertiary/aromatic N) is 3. The number of pyridine rings is 1. The second-order valence-corrected chi connectivity index (χ2v) is 5.03. The van der Waals surface area contributed by atoms with E-state index in [4.69, 9.17) is 28.9 Å². The molecular formula is C13H10Cl2N4. The van der Waals surface area contributed by atoms with Crippen LogP contribution in [0.5, 0.6) is 0 Å². The smallest absolute Gasteiger partial charge is 0.157 e. The van der Waals surface area contributed by atoms with E-state index in [1.54, 1.807) is 22.7 Å². The van der Waals surface area contributed by atoms with Gasteiger partial charge >= 0.3 is 0 Å². The van der Waals surface area contributed by atoms with E-state index in [0.717, 1.165) is 22.5 Å². The van der Waals surface area contributed by atoms with Crippen LogP contribution in [-0.2, 0) is 0 Å². The molecule has 2 heterocycles. The Morgan fingerprint density at radius 3 is 2.68 bits per heavy atom. The molecule has 2 aromatic heterocycles. The van der Waals surface area contributed by atoms with E-state index < -0.39 is 0 Å². The Morgan fingerprint density at radius 2 is 1.95 bits per heavy atom. The zero-order valence-corrected chi connectivity index (χ0v) is 11.6. The summed E-state index contributed by atoms with van der Waals surface area (Å²) in [6.45, 7) is 1.94. The molecule has 0 aliphatic rings. The van der Waals surface area contributed by atoms with Crippen LogP contribution in [0, 0.1) is 6.92 Å². The average Bonchev–Trinajstić information content (AvgIpc) is 2.82. The van der Waals surface area contributed by atoms with E-state index in [1.807, 2.05) is 13.0 Å². The molecule has 0 unspecified atom stereocenters. The fourth-order valence-electron chi connectivity index (χ4n) is 2.16. The molecule has 4 nitrogen and oxygen atoms in total. The van der Waals surface area contributed by atoms with Gasteiger partial charge in [-0.2, -0.15) is 5.10 Å². The van der Waals surface area contributed by atoms with E-state index in [2.05, 4.69) is 10.1 Å². The first-order chi connectivity index (χ1) is 9.08. The lowest BCUT2D eigenvalue weighted by Gasteiger charge is -2.11. The van der Waals surface area contributed by atoms with Gasteiger partial charge in [-0.25, -0.2) is 9.50 Å². The standard InChI is InChI=1S/C13H10Cl2N4/c1-7-13(8-2-3-9(14)10(15)4-8)11(16)5-12-17-6-18-19(7)12/h2-6H,16H2,1H3. The minimum atomic E-state index is 0.497. The quantitative estimate of drug-likeness (QED) is 0.746. The van der Waals surface area contributed by atoms with Crippen LogP contribution < -0.4 is 5.73 Å². The Bertz CT molecular complexity index is 780. The summed E-state index contributed by atoms with van der Waals surface area (Å²) in [5.41, 5.74) is 10.2. The van der Waals surface area contributed by atoms with Crippen LogP contribution in [0.15, 0.2) is 30.6 Å². The van der Waals surface area contributed by atoms with Crippen molar-refractivity contribution in [3.63, 3.8) is 0 Å². The lowest BCUT2D eigenvalue weighted by atomic mass is 10.0. The molecule has 3 aromatic rings. The first kappa shape index (κ1) is 12.3. The number of nitrogens with two attached hydrogens (primary N) is 1. The molecule has 0 fully saturated rings. The lowest BCUT2D eigenvalue weighted by molar-refractivity contribution is 0.918. The van der Waals surface area contributed by atoms with Gasteiger partial charge in [0.25, 0.3) is 0 Å². The molecule has 3 rings (SSSR count). The van der Waals surface area contributed by atoms with Crippen LogP contribution in [0.25, 0.3) is 16.8 Å². The van der Waals surface area contributed by atoms with Gasteiger partial charge in [0.2, 0.25) is 0 Å². The molecule has 6 heteroatoms. The van der Waals surface area contributed by atoms with Crippen molar-refractivity contribution >= 4 is 34.5 Å².